The largest absolute Gasteiger partial charge is 0.266 e. The molecule has 0 saturated carbocycles. The van der Waals surface area contributed by atoms with E-state index in [4.69, 9.17) is 11.6 Å². The maximum absolute atomic E-state index is 13.2. The number of piperidine rings is 1. The van der Waals surface area contributed by atoms with Crippen molar-refractivity contribution in [3.63, 3.8) is 0 Å². The highest BCUT2D eigenvalue weighted by atomic mass is 35.5. The summed E-state index contributed by atoms with van der Waals surface area (Å²) in [4.78, 5) is 0.286. The van der Waals surface area contributed by atoms with E-state index >= 15 is 0 Å². The van der Waals surface area contributed by atoms with E-state index < -0.39 is 20.0 Å². The molecule has 2 aromatic rings. The first-order chi connectivity index (χ1) is 13.7. The Bertz CT molecular complexity index is 1160. The summed E-state index contributed by atoms with van der Waals surface area (Å²) in [7, 11) is -7.38. The molecule has 0 atom stereocenters. The summed E-state index contributed by atoms with van der Waals surface area (Å²) >= 11 is 6.20. The van der Waals surface area contributed by atoms with Crippen LogP contribution in [0.3, 0.4) is 0 Å². The molecular formula is C20H23ClN2O4S2. The average Bonchev–Trinajstić information content (AvgIpc) is 3.12. The molecule has 156 valence electrons. The third-order valence-electron chi connectivity index (χ3n) is 5.51. The molecule has 0 aliphatic carbocycles. The van der Waals surface area contributed by atoms with Crippen LogP contribution >= 0.6 is 11.6 Å². The van der Waals surface area contributed by atoms with E-state index in [1.807, 2.05) is 6.92 Å². The quantitative estimate of drug-likeness (QED) is 0.707. The highest BCUT2D eigenvalue weighted by Crippen LogP contribution is 2.37. The SMILES string of the molecule is Cc1ccc(S(=O)(=O)N2CCc3cc(S(=O)(=O)N4CCCCC4)ccc32)c(Cl)c1. The molecule has 6 nitrogen and oxygen atoms in total. The second-order valence-corrected chi connectivity index (χ2v) is 11.7. The summed E-state index contributed by atoms with van der Waals surface area (Å²) in [6, 6.07) is 9.57. The molecule has 0 N–H and O–H groups in total. The van der Waals surface area contributed by atoms with Gasteiger partial charge < -0.3 is 0 Å². The molecule has 0 bridgehead atoms. The molecule has 2 aliphatic rings. The second kappa shape index (κ2) is 7.58. The molecular weight excluding hydrogens is 432 g/mol. The molecule has 1 saturated heterocycles. The van der Waals surface area contributed by atoms with Crippen LogP contribution in [0, 0.1) is 6.92 Å². The minimum absolute atomic E-state index is 0.0580. The van der Waals surface area contributed by atoms with Crippen molar-refractivity contribution < 1.29 is 16.8 Å². The summed E-state index contributed by atoms with van der Waals surface area (Å²) in [6.45, 7) is 3.17. The zero-order valence-electron chi connectivity index (χ0n) is 16.1. The Morgan fingerprint density at radius 2 is 1.59 bits per heavy atom. The summed E-state index contributed by atoms with van der Waals surface area (Å²) < 4.78 is 55.1. The van der Waals surface area contributed by atoms with Gasteiger partial charge in [0.25, 0.3) is 10.0 Å². The summed E-state index contributed by atoms with van der Waals surface area (Å²) in [6.07, 6.45) is 3.24. The molecule has 9 heteroatoms. The fourth-order valence-electron chi connectivity index (χ4n) is 3.95. The minimum Gasteiger partial charge on any atom is -0.266 e. The molecule has 4 rings (SSSR count). The van der Waals surface area contributed by atoms with E-state index in [2.05, 4.69) is 0 Å². The highest BCUT2D eigenvalue weighted by molar-refractivity contribution is 7.93. The Kier molecular flexibility index (Phi) is 5.40. The number of hydrogen-bond donors (Lipinski definition) is 0. The van der Waals surface area contributed by atoms with Crippen LogP contribution in [-0.2, 0) is 26.5 Å². The van der Waals surface area contributed by atoms with Gasteiger partial charge in [-0.3, -0.25) is 4.31 Å². The normalized spacial score (nSPS) is 18.1. The molecule has 29 heavy (non-hydrogen) atoms. The Morgan fingerprint density at radius 1 is 0.862 bits per heavy atom. The Hall–Kier alpha value is -1.61. The standard InChI is InChI=1S/C20H23ClN2O4S2/c1-15-5-8-20(18(21)13-15)29(26,27)23-12-9-16-14-17(6-7-19(16)23)28(24,25)22-10-3-2-4-11-22/h5-8,13-14H,2-4,9-12H2,1H3. The van der Waals surface area contributed by atoms with Gasteiger partial charge in [0.05, 0.1) is 15.6 Å². The van der Waals surface area contributed by atoms with Crippen LogP contribution in [0.4, 0.5) is 5.69 Å². The van der Waals surface area contributed by atoms with Crippen molar-refractivity contribution >= 4 is 37.3 Å². The van der Waals surface area contributed by atoms with Crippen LogP contribution < -0.4 is 4.31 Å². The average molecular weight is 455 g/mol. The summed E-state index contributed by atoms with van der Waals surface area (Å²) in [5, 5.41) is 0.183. The van der Waals surface area contributed by atoms with E-state index in [1.54, 1.807) is 24.3 Å². The third kappa shape index (κ3) is 3.67. The predicted octanol–water partition coefficient (Wildman–Crippen LogP) is 3.57. The zero-order chi connectivity index (χ0) is 20.8. The lowest BCUT2D eigenvalue weighted by Crippen LogP contribution is -2.35. The van der Waals surface area contributed by atoms with Gasteiger partial charge in [-0.2, -0.15) is 4.31 Å². The van der Waals surface area contributed by atoms with E-state index in [-0.39, 0.29) is 21.4 Å². The van der Waals surface area contributed by atoms with Gasteiger partial charge in [0.1, 0.15) is 4.90 Å². The van der Waals surface area contributed by atoms with Gasteiger partial charge in [0.15, 0.2) is 0 Å². The third-order valence-corrected chi connectivity index (χ3v) is 9.70. The van der Waals surface area contributed by atoms with Gasteiger partial charge >= 0.3 is 0 Å². The second-order valence-electron chi connectivity index (χ2n) is 7.52. The number of anilines is 1. The van der Waals surface area contributed by atoms with Crippen LogP contribution in [0.2, 0.25) is 5.02 Å². The molecule has 0 spiro atoms. The van der Waals surface area contributed by atoms with Crippen molar-refractivity contribution in [3.05, 3.63) is 52.5 Å². The number of rotatable bonds is 4. The maximum atomic E-state index is 13.2. The number of fused-ring (bicyclic) bond motifs is 1. The molecule has 2 aromatic carbocycles. The first kappa shape index (κ1) is 20.7. The van der Waals surface area contributed by atoms with Crippen LogP contribution in [0.1, 0.15) is 30.4 Å². The number of sulfonamides is 2. The van der Waals surface area contributed by atoms with Gasteiger partial charge in [0, 0.05) is 19.6 Å². The molecule has 0 aromatic heterocycles. The highest BCUT2D eigenvalue weighted by Gasteiger charge is 2.34. The van der Waals surface area contributed by atoms with Gasteiger partial charge in [-0.15, -0.1) is 0 Å². The van der Waals surface area contributed by atoms with Crippen molar-refractivity contribution in [2.75, 3.05) is 23.9 Å². The molecule has 0 radical (unpaired) electrons. The maximum Gasteiger partial charge on any atom is 0.265 e. The number of halogens is 1. The molecule has 0 amide bonds. The van der Waals surface area contributed by atoms with Gasteiger partial charge in [-0.05, 0) is 67.6 Å². The number of hydrogen-bond acceptors (Lipinski definition) is 4. The van der Waals surface area contributed by atoms with E-state index in [0.29, 0.717) is 25.2 Å². The van der Waals surface area contributed by atoms with E-state index in [0.717, 1.165) is 30.4 Å². The fraction of sp³-hybridized carbons (Fsp3) is 0.400. The number of nitrogens with zero attached hydrogens (tertiary/aromatic N) is 2. The van der Waals surface area contributed by atoms with Crippen LogP contribution in [0.5, 0.6) is 0 Å². The van der Waals surface area contributed by atoms with Crippen LogP contribution in [0.25, 0.3) is 0 Å². The van der Waals surface area contributed by atoms with Gasteiger partial charge in [-0.25, -0.2) is 16.8 Å². The van der Waals surface area contributed by atoms with E-state index in [9.17, 15) is 16.8 Å². The van der Waals surface area contributed by atoms with Gasteiger partial charge in [0.2, 0.25) is 10.0 Å². The summed E-state index contributed by atoms with van der Waals surface area (Å²) in [5.41, 5.74) is 2.11. The van der Waals surface area contributed by atoms with Crippen molar-refractivity contribution in [2.24, 2.45) is 0 Å². The minimum atomic E-state index is -3.83. The predicted molar refractivity (Wildman–Crippen MR) is 113 cm³/mol. The number of benzene rings is 2. The molecule has 0 unspecified atom stereocenters. The van der Waals surface area contributed by atoms with E-state index in [1.165, 1.54) is 20.7 Å². The fourth-order valence-corrected chi connectivity index (χ4v) is 7.59. The van der Waals surface area contributed by atoms with Crippen LogP contribution in [-0.4, -0.2) is 40.8 Å². The summed E-state index contributed by atoms with van der Waals surface area (Å²) in [5.74, 6) is 0. The molecule has 2 heterocycles. The number of aryl methyl sites for hydroxylation is 1. The Balaban J connectivity index is 1.68. The van der Waals surface area contributed by atoms with Crippen molar-refractivity contribution in [1.82, 2.24) is 4.31 Å². The Labute approximate surface area is 177 Å². The first-order valence-electron chi connectivity index (χ1n) is 9.63. The lowest BCUT2D eigenvalue weighted by Gasteiger charge is -2.26. The first-order valence-corrected chi connectivity index (χ1v) is 12.9. The molecule has 1 fully saturated rings. The lowest BCUT2D eigenvalue weighted by molar-refractivity contribution is 0.346. The van der Waals surface area contributed by atoms with Crippen molar-refractivity contribution in [3.8, 4) is 0 Å². The molecule has 2 aliphatic heterocycles. The lowest BCUT2D eigenvalue weighted by atomic mass is 10.2. The zero-order valence-corrected chi connectivity index (χ0v) is 18.5. The van der Waals surface area contributed by atoms with Gasteiger partial charge in [-0.1, -0.05) is 24.1 Å². The Morgan fingerprint density at radius 3 is 2.28 bits per heavy atom. The topological polar surface area (TPSA) is 74.8 Å². The van der Waals surface area contributed by atoms with Crippen molar-refractivity contribution in [2.45, 2.75) is 42.4 Å². The smallest absolute Gasteiger partial charge is 0.265 e. The van der Waals surface area contributed by atoms with Crippen LogP contribution in [0.15, 0.2) is 46.2 Å². The van der Waals surface area contributed by atoms with Crippen molar-refractivity contribution in [1.29, 1.82) is 0 Å². The monoisotopic (exact) mass is 454 g/mol.